The lowest BCUT2D eigenvalue weighted by atomic mass is 10.1. The van der Waals surface area contributed by atoms with Gasteiger partial charge in [0.15, 0.2) is 0 Å². The normalized spacial score (nSPS) is 10.0. The molecule has 0 radical (unpaired) electrons. The first-order chi connectivity index (χ1) is 9.11. The molecule has 0 aliphatic carbocycles. The van der Waals surface area contributed by atoms with E-state index in [1.807, 2.05) is 0 Å². The summed E-state index contributed by atoms with van der Waals surface area (Å²) >= 11 is 5.54. The molecule has 0 spiro atoms. The van der Waals surface area contributed by atoms with Gasteiger partial charge in [-0.25, -0.2) is 8.78 Å². The number of nitriles is 1. The molecule has 19 heavy (non-hydrogen) atoms. The van der Waals surface area contributed by atoms with Crippen molar-refractivity contribution in [1.29, 1.82) is 5.26 Å². The van der Waals surface area contributed by atoms with Crippen LogP contribution in [0.25, 0.3) is 0 Å². The van der Waals surface area contributed by atoms with Crippen LogP contribution in [0, 0.1) is 23.0 Å². The highest BCUT2D eigenvalue weighted by molar-refractivity contribution is 6.30. The number of ether oxygens (including phenoxy) is 1. The summed E-state index contributed by atoms with van der Waals surface area (Å²) in [4.78, 5) is 0. The molecule has 0 N–H and O–H groups in total. The van der Waals surface area contributed by atoms with Crippen LogP contribution < -0.4 is 4.74 Å². The van der Waals surface area contributed by atoms with Gasteiger partial charge in [0, 0.05) is 11.6 Å². The predicted molar refractivity (Wildman–Crippen MR) is 66.9 cm³/mol. The van der Waals surface area contributed by atoms with Crippen LogP contribution in [-0.2, 0) is 6.61 Å². The fourth-order valence-corrected chi connectivity index (χ4v) is 1.62. The Morgan fingerprint density at radius 1 is 1.21 bits per heavy atom. The van der Waals surface area contributed by atoms with Crippen LogP contribution in [0.5, 0.6) is 5.75 Å². The van der Waals surface area contributed by atoms with Gasteiger partial charge in [-0.15, -0.1) is 0 Å². The first-order valence-electron chi connectivity index (χ1n) is 5.37. The fraction of sp³-hybridized carbons (Fsp3) is 0.0714. The maximum atomic E-state index is 13.7. The highest BCUT2D eigenvalue weighted by Gasteiger charge is 2.08. The van der Waals surface area contributed by atoms with Crippen LogP contribution in [0.1, 0.15) is 11.1 Å². The summed E-state index contributed by atoms with van der Waals surface area (Å²) in [5.74, 6) is -0.992. The van der Waals surface area contributed by atoms with E-state index in [-0.39, 0.29) is 28.5 Å². The van der Waals surface area contributed by atoms with Crippen LogP contribution in [0.4, 0.5) is 8.78 Å². The topological polar surface area (TPSA) is 33.0 Å². The van der Waals surface area contributed by atoms with Gasteiger partial charge < -0.3 is 4.74 Å². The fourth-order valence-electron chi connectivity index (χ4n) is 1.51. The highest BCUT2D eigenvalue weighted by Crippen LogP contribution is 2.22. The molecule has 0 aliphatic rings. The average molecular weight is 280 g/mol. The van der Waals surface area contributed by atoms with Crippen LogP contribution in [0.15, 0.2) is 36.4 Å². The summed E-state index contributed by atoms with van der Waals surface area (Å²) in [5, 5.41) is 8.69. The van der Waals surface area contributed by atoms with Crippen LogP contribution in [0.3, 0.4) is 0 Å². The van der Waals surface area contributed by atoms with Gasteiger partial charge in [0.05, 0.1) is 10.6 Å². The zero-order valence-electron chi connectivity index (χ0n) is 9.66. The van der Waals surface area contributed by atoms with Crippen molar-refractivity contribution < 1.29 is 13.5 Å². The Hall–Kier alpha value is -2.12. The van der Waals surface area contributed by atoms with E-state index in [1.54, 1.807) is 12.1 Å². The van der Waals surface area contributed by atoms with Crippen molar-refractivity contribution in [2.75, 3.05) is 0 Å². The maximum Gasteiger partial charge on any atom is 0.147 e. The number of rotatable bonds is 3. The second kappa shape index (κ2) is 5.68. The standard InChI is InChI=1S/C14H8ClF2NO/c15-12-5-4-11(6-13(12)16)19-8-10-3-1-2-9(7-18)14(10)17/h1-6H,8H2. The second-order valence-electron chi connectivity index (χ2n) is 3.76. The Bertz CT molecular complexity index is 652. The molecule has 0 unspecified atom stereocenters. The summed E-state index contributed by atoms with van der Waals surface area (Å²) in [6.45, 7) is -0.0948. The smallest absolute Gasteiger partial charge is 0.147 e. The van der Waals surface area contributed by atoms with E-state index < -0.39 is 11.6 Å². The van der Waals surface area contributed by atoms with Gasteiger partial charge >= 0.3 is 0 Å². The number of benzene rings is 2. The highest BCUT2D eigenvalue weighted by atomic mass is 35.5. The molecule has 0 saturated heterocycles. The van der Waals surface area contributed by atoms with E-state index in [4.69, 9.17) is 21.6 Å². The molecule has 0 aromatic heterocycles. The van der Waals surface area contributed by atoms with E-state index in [0.717, 1.165) is 6.07 Å². The van der Waals surface area contributed by atoms with Crippen molar-refractivity contribution >= 4 is 11.6 Å². The third-order valence-electron chi connectivity index (χ3n) is 2.48. The SMILES string of the molecule is N#Cc1cccc(COc2ccc(Cl)c(F)c2)c1F. The molecule has 2 aromatic carbocycles. The number of halogens is 3. The average Bonchev–Trinajstić information content (AvgIpc) is 2.41. The molecule has 0 heterocycles. The molecule has 0 amide bonds. The number of nitrogens with zero attached hydrogens (tertiary/aromatic N) is 1. The Kier molecular flexibility index (Phi) is 3.98. The molecule has 0 aliphatic heterocycles. The molecule has 0 saturated carbocycles. The van der Waals surface area contributed by atoms with Crippen molar-refractivity contribution in [2.24, 2.45) is 0 Å². The van der Waals surface area contributed by atoms with E-state index in [9.17, 15) is 8.78 Å². The Balaban J connectivity index is 2.15. The first kappa shape index (κ1) is 13.3. The zero-order chi connectivity index (χ0) is 13.8. The lowest BCUT2D eigenvalue weighted by Gasteiger charge is -2.08. The summed E-state index contributed by atoms with van der Waals surface area (Å²) in [6.07, 6.45) is 0. The lowest BCUT2D eigenvalue weighted by molar-refractivity contribution is 0.298. The molecule has 2 rings (SSSR count). The van der Waals surface area contributed by atoms with Crippen molar-refractivity contribution in [3.05, 3.63) is 64.2 Å². The van der Waals surface area contributed by atoms with Gasteiger partial charge in [0.2, 0.25) is 0 Å². The molecule has 96 valence electrons. The van der Waals surface area contributed by atoms with Crippen LogP contribution >= 0.6 is 11.6 Å². The predicted octanol–water partition coefficient (Wildman–Crippen LogP) is 4.07. The lowest BCUT2D eigenvalue weighted by Crippen LogP contribution is -2.00. The van der Waals surface area contributed by atoms with E-state index >= 15 is 0 Å². The monoisotopic (exact) mass is 279 g/mol. The molecular weight excluding hydrogens is 272 g/mol. The molecule has 5 heteroatoms. The Labute approximate surface area is 113 Å². The van der Waals surface area contributed by atoms with Gasteiger partial charge in [-0.3, -0.25) is 0 Å². The van der Waals surface area contributed by atoms with Crippen molar-refractivity contribution in [3.8, 4) is 11.8 Å². The quantitative estimate of drug-likeness (QED) is 0.848. The minimum absolute atomic E-state index is 0.00925. The van der Waals surface area contributed by atoms with Crippen molar-refractivity contribution in [3.63, 3.8) is 0 Å². The summed E-state index contributed by atoms with van der Waals surface area (Å²) in [7, 11) is 0. The summed E-state index contributed by atoms with van der Waals surface area (Å²) < 4.78 is 32.2. The van der Waals surface area contributed by atoms with Gasteiger partial charge in [-0.2, -0.15) is 5.26 Å². The maximum absolute atomic E-state index is 13.7. The molecule has 2 nitrogen and oxygen atoms in total. The van der Waals surface area contributed by atoms with Crippen molar-refractivity contribution in [1.82, 2.24) is 0 Å². The van der Waals surface area contributed by atoms with E-state index in [0.29, 0.717) is 0 Å². The third kappa shape index (κ3) is 3.01. The number of hydrogen-bond donors (Lipinski definition) is 0. The Morgan fingerprint density at radius 2 is 2.00 bits per heavy atom. The largest absolute Gasteiger partial charge is 0.489 e. The van der Waals surface area contributed by atoms with E-state index in [1.165, 1.54) is 24.3 Å². The van der Waals surface area contributed by atoms with E-state index in [2.05, 4.69) is 0 Å². The summed E-state index contributed by atoms with van der Waals surface area (Å²) in [5.41, 5.74) is 0.179. The van der Waals surface area contributed by atoms with Gasteiger partial charge in [-0.1, -0.05) is 23.7 Å². The molecule has 2 aromatic rings. The van der Waals surface area contributed by atoms with Crippen molar-refractivity contribution in [2.45, 2.75) is 6.61 Å². The first-order valence-corrected chi connectivity index (χ1v) is 5.75. The number of hydrogen-bond acceptors (Lipinski definition) is 2. The third-order valence-corrected chi connectivity index (χ3v) is 2.79. The zero-order valence-corrected chi connectivity index (χ0v) is 10.4. The second-order valence-corrected chi connectivity index (χ2v) is 4.16. The van der Waals surface area contributed by atoms with Gasteiger partial charge in [-0.05, 0) is 18.2 Å². The summed E-state index contributed by atoms with van der Waals surface area (Å²) in [6, 6.07) is 10.1. The minimum Gasteiger partial charge on any atom is -0.489 e. The molecule has 0 atom stereocenters. The Morgan fingerprint density at radius 3 is 2.68 bits per heavy atom. The van der Waals surface area contributed by atoms with Crippen LogP contribution in [-0.4, -0.2) is 0 Å². The minimum atomic E-state index is -0.626. The molecule has 0 fully saturated rings. The van der Waals surface area contributed by atoms with Gasteiger partial charge in [0.1, 0.15) is 30.1 Å². The van der Waals surface area contributed by atoms with Crippen LogP contribution in [0.2, 0.25) is 5.02 Å². The molecular formula is C14H8ClF2NO. The van der Waals surface area contributed by atoms with Gasteiger partial charge in [0.25, 0.3) is 0 Å². The molecule has 0 bridgehead atoms.